The highest BCUT2D eigenvalue weighted by atomic mass is 16.5. The molecule has 1 N–H and O–H groups in total. The minimum Gasteiger partial charge on any atom is -0.494 e. The minimum atomic E-state index is 0.315. The van der Waals surface area contributed by atoms with Gasteiger partial charge in [-0.05, 0) is 38.0 Å². The molecule has 0 saturated carbocycles. The molecule has 2 atom stereocenters. The number of hydrogen-bond donors (Lipinski definition) is 1. The maximum Gasteiger partial charge on any atom is 0.119 e. The van der Waals surface area contributed by atoms with E-state index in [0.29, 0.717) is 12.1 Å². The van der Waals surface area contributed by atoms with E-state index in [9.17, 15) is 0 Å². The molecule has 3 heteroatoms. The highest BCUT2D eigenvalue weighted by Crippen LogP contribution is 2.18. The van der Waals surface area contributed by atoms with Gasteiger partial charge < -0.3 is 14.8 Å². The first kappa shape index (κ1) is 15.0. The molecule has 0 aliphatic heterocycles. The Kier molecular flexibility index (Phi) is 6.76. The molecular weight excluding hydrogens is 226 g/mol. The lowest BCUT2D eigenvalue weighted by atomic mass is 10.1. The smallest absolute Gasteiger partial charge is 0.119 e. The first-order valence-corrected chi connectivity index (χ1v) is 6.65. The molecule has 1 rings (SSSR count). The van der Waals surface area contributed by atoms with E-state index < -0.39 is 0 Å². The Morgan fingerprint density at radius 2 is 1.83 bits per heavy atom. The zero-order valence-electron chi connectivity index (χ0n) is 11.9. The second-order valence-corrected chi connectivity index (χ2v) is 4.66. The van der Waals surface area contributed by atoms with Crippen LogP contribution in [0.25, 0.3) is 0 Å². The highest BCUT2D eigenvalue weighted by molar-refractivity contribution is 5.29. The quantitative estimate of drug-likeness (QED) is 0.770. The number of benzene rings is 1. The van der Waals surface area contributed by atoms with Crippen molar-refractivity contribution in [2.24, 2.45) is 0 Å². The number of rotatable bonds is 8. The van der Waals surface area contributed by atoms with E-state index in [1.54, 1.807) is 7.11 Å². The monoisotopic (exact) mass is 251 g/mol. The molecule has 2 unspecified atom stereocenters. The van der Waals surface area contributed by atoms with Crippen molar-refractivity contribution in [3.8, 4) is 5.75 Å². The zero-order valence-corrected chi connectivity index (χ0v) is 11.9. The van der Waals surface area contributed by atoms with Crippen molar-refractivity contribution in [3.05, 3.63) is 29.8 Å². The van der Waals surface area contributed by atoms with Gasteiger partial charge in [0.2, 0.25) is 0 Å². The van der Waals surface area contributed by atoms with E-state index in [1.165, 1.54) is 5.56 Å². The van der Waals surface area contributed by atoms with Crippen molar-refractivity contribution in [1.29, 1.82) is 0 Å². The van der Waals surface area contributed by atoms with Gasteiger partial charge in [-0.15, -0.1) is 0 Å². The summed E-state index contributed by atoms with van der Waals surface area (Å²) >= 11 is 0. The Morgan fingerprint density at radius 1 is 1.17 bits per heavy atom. The molecule has 0 aliphatic carbocycles. The summed E-state index contributed by atoms with van der Waals surface area (Å²) in [6.07, 6.45) is 1.04. The topological polar surface area (TPSA) is 30.5 Å². The molecule has 3 nitrogen and oxygen atoms in total. The van der Waals surface area contributed by atoms with Crippen molar-refractivity contribution < 1.29 is 9.47 Å². The third kappa shape index (κ3) is 5.07. The van der Waals surface area contributed by atoms with E-state index in [2.05, 4.69) is 38.2 Å². The zero-order chi connectivity index (χ0) is 13.4. The van der Waals surface area contributed by atoms with E-state index >= 15 is 0 Å². The van der Waals surface area contributed by atoms with Crippen molar-refractivity contribution in [2.45, 2.75) is 39.3 Å². The van der Waals surface area contributed by atoms with Gasteiger partial charge in [0.05, 0.1) is 13.2 Å². The summed E-state index contributed by atoms with van der Waals surface area (Å²) in [6, 6.07) is 8.95. The van der Waals surface area contributed by atoms with Gasteiger partial charge in [0, 0.05) is 19.2 Å². The van der Waals surface area contributed by atoms with Crippen LogP contribution in [0.15, 0.2) is 24.3 Å². The fourth-order valence-electron chi connectivity index (χ4n) is 1.89. The van der Waals surface area contributed by atoms with Crippen molar-refractivity contribution >= 4 is 0 Å². The third-order valence-corrected chi connectivity index (χ3v) is 2.80. The van der Waals surface area contributed by atoms with Crippen LogP contribution in [-0.4, -0.2) is 26.4 Å². The van der Waals surface area contributed by atoms with Gasteiger partial charge in [-0.25, -0.2) is 0 Å². The first-order valence-electron chi connectivity index (χ1n) is 6.65. The van der Waals surface area contributed by atoms with E-state index in [0.717, 1.165) is 25.4 Å². The summed E-state index contributed by atoms with van der Waals surface area (Å²) in [7, 11) is 1.72. The summed E-state index contributed by atoms with van der Waals surface area (Å²) in [4.78, 5) is 0. The number of hydrogen-bond acceptors (Lipinski definition) is 3. The van der Waals surface area contributed by atoms with Gasteiger partial charge in [-0.2, -0.15) is 0 Å². The molecule has 1 aromatic carbocycles. The van der Waals surface area contributed by atoms with Gasteiger partial charge in [-0.3, -0.25) is 0 Å². The summed E-state index contributed by atoms with van der Waals surface area (Å²) in [5, 5.41) is 3.49. The Labute approximate surface area is 110 Å². The van der Waals surface area contributed by atoms with Crippen LogP contribution in [0.4, 0.5) is 0 Å². The van der Waals surface area contributed by atoms with Gasteiger partial charge in [0.1, 0.15) is 5.75 Å². The molecule has 0 radical (unpaired) electrons. The molecule has 0 aromatic heterocycles. The van der Waals surface area contributed by atoms with Crippen LogP contribution in [0, 0.1) is 0 Å². The Bertz CT molecular complexity index is 324. The fraction of sp³-hybridized carbons (Fsp3) is 0.600. The summed E-state index contributed by atoms with van der Waals surface area (Å²) in [5.41, 5.74) is 1.27. The second-order valence-electron chi connectivity index (χ2n) is 4.66. The van der Waals surface area contributed by atoms with E-state index in [4.69, 9.17) is 9.47 Å². The Morgan fingerprint density at radius 3 is 2.39 bits per heavy atom. The maximum atomic E-state index is 5.57. The minimum absolute atomic E-state index is 0.315. The molecule has 0 amide bonds. The maximum absolute atomic E-state index is 5.57. The number of ether oxygens (including phenoxy) is 2. The predicted octanol–water partition coefficient (Wildman–Crippen LogP) is 3.16. The summed E-state index contributed by atoms with van der Waals surface area (Å²) in [6.45, 7) is 7.89. The fourth-order valence-corrected chi connectivity index (χ4v) is 1.89. The largest absolute Gasteiger partial charge is 0.494 e. The van der Waals surface area contributed by atoms with E-state index in [-0.39, 0.29) is 0 Å². The molecule has 1 aromatic rings. The number of methoxy groups -OCH3 is 1. The first-order chi connectivity index (χ1) is 8.67. The highest BCUT2D eigenvalue weighted by Gasteiger charge is 2.09. The van der Waals surface area contributed by atoms with Gasteiger partial charge in [0.25, 0.3) is 0 Å². The van der Waals surface area contributed by atoms with Crippen LogP contribution < -0.4 is 10.1 Å². The van der Waals surface area contributed by atoms with Crippen LogP contribution >= 0.6 is 0 Å². The molecule has 0 spiro atoms. The van der Waals surface area contributed by atoms with Crippen LogP contribution in [0.5, 0.6) is 5.75 Å². The lowest BCUT2D eigenvalue weighted by Gasteiger charge is -2.20. The normalized spacial score (nSPS) is 14.2. The van der Waals surface area contributed by atoms with Gasteiger partial charge in [-0.1, -0.05) is 19.1 Å². The Balaban J connectivity index is 2.50. The number of nitrogens with one attached hydrogen (secondary N) is 1. The molecular formula is C15H25NO2. The molecule has 102 valence electrons. The van der Waals surface area contributed by atoms with Crippen molar-refractivity contribution in [1.82, 2.24) is 5.32 Å². The van der Waals surface area contributed by atoms with Gasteiger partial charge in [0.15, 0.2) is 0 Å². The van der Waals surface area contributed by atoms with Crippen molar-refractivity contribution in [3.63, 3.8) is 0 Å². The third-order valence-electron chi connectivity index (χ3n) is 2.80. The average molecular weight is 251 g/mol. The predicted molar refractivity (Wildman–Crippen MR) is 75.1 cm³/mol. The van der Waals surface area contributed by atoms with Crippen molar-refractivity contribution in [2.75, 3.05) is 20.3 Å². The second kappa shape index (κ2) is 8.11. The molecule has 0 fully saturated rings. The SMILES string of the molecule is CCCOc1ccc(C(C)NC(C)COC)cc1. The van der Waals surface area contributed by atoms with Crippen LogP contribution in [0.2, 0.25) is 0 Å². The van der Waals surface area contributed by atoms with Crippen LogP contribution in [0.3, 0.4) is 0 Å². The summed E-state index contributed by atoms with van der Waals surface area (Å²) < 4.78 is 10.7. The average Bonchev–Trinajstić information content (AvgIpc) is 2.37. The summed E-state index contributed by atoms with van der Waals surface area (Å²) in [5.74, 6) is 0.942. The van der Waals surface area contributed by atoms with Gasteiger partial charge >= 0.3 is 0 Å². The van der Waals surface area contributed by atoms with E-state index in [1.807, 2.05) is 12.1 Å². The molecule has 0 saturated heterocycles. The molecule has 0 bridgehead atoms. The van der Waals surface area contributed by atoms with Crippen LogP contribution in [0.1, 0.15) is 38.8 Å². The lowest BCUT2D eigenvalue weighted by molar-refractivity contribution is 0.167. The molecule has 18 heavy (non-hydrogen) atoms. The lowest BCUT2D eigenvalue weighted by Crippen LogP contribution is -2.32. The van der Waals surface area contributed by atoms with Crippen LogP contribution in [-0.2, 0) is 4.74 Å². The standard InChI is InChI=1S/C15H25NO2/c1-5-10-18-15-8-6-14(7-9-15)13(3)16-12(2)11-17-4/h6-9,12-13,16H,5,10-11H2,1-4H3. The Hall–Kier alpha value is -1.06. The molecule has 0 heterocycles. The molecule has 0 aliphatic rings.